The van der Waals surface area contributed by atoms with E-state index in [-0.39, 0.29) is 19.1 Å². The van der Waals surface area contributed by atoms with Gasteiger partial charge in [-0.15, -0.1) is 0 Å². The molecule has 4 atom stereocenters. The SMILES string of the molecule is CC1(CC(OS(=O)(=O)C(F)(F)C(=O)NC2C3CC4CC(C3)CC2(C)C4)C(F)(F)F)OCCCO1. The Hall–Kier alpha value is -1.05. The number of alkyl halides is 5. The number of ether oxygens (including phenoxy) is 2. The Morgan fingerprint density at radius 3 is 2.12 bits per heavy atom. The van der Waals surface area contributed by atoms with Crippen LogP contribution in [0.5, 0.6) is 0 Å². The van der Waals surface area contributed by atoms with Crippen molar-refractivity contribution in [3.63, 3.8) is 0 Å². The van der Waals surface area contributed by atoms with Crippen LogP contribution in [0.15, 0.2) is 0 Å². The van der Waals surface area contributed by atoms with Crippen LogP contribution in [0.1, 0.15) is 58.8 Å². The van der Waals surface area contributed by atoms with E-state index in [0.29, 0.717) is 18.3 Å². The fraction of sp³-hybridized carbons (Fsp3) is 0.952. The second-order valence-corrected chi connectivity index (χ2v) is 12.3. The van der Waals surface area contributed by atoms with Crippen LogP contribution in [0, 0.1) is 23.2 Å². The average molecular weight is 520 g/mol. The van der Waals surface area contributed by atoms with Crippen molar-refractivity contribution in [2.75, 3.05) is 13.2 Å². The second-order valence-electron chi connectivity index (χ2n) is 10.7. The summed E-state index contributed by atoms with van der Waals surface area (Å²) in [6.07, 6.45) is -5.27. The van der Waals surface area contributed by atoms with Gasteiger partial charge in [0.05, 0.1) is 13.2 Å². The molecule has 5 rings (SSSR count). The number of carbonyl (C=O) groups is 1. The first-order chi connectivity index (χ1) is 15.5. The molecule has 1 aliphatic heterocycles. The zero-order valence-corrected chi connectivity index (χ0v) is 19.8. The van der Waals surface area contributed by atoms with Gasteiger partial charge in [0, 0.05) is 12.5 Å². The monoisotopic (exact) mass is 519 g/mol. The van der Waals surface area contributed by atoms with E-state index < -0.39 is 57.2 Å². The molecule has 7 nitrogen and oxygen atoms in total. The van der Waals surface area contributed by atoms with Crippen LogP contribution in [0.3, 0.4) is 0 Å². The largest absolute Gasteiger partial charge is 0.446 e. The summed E-state index contributed by atoms with van der Waals surface area (Å²) in [4.78, 5) is 12.5. The summed E-state index contributed by atoms with van der Waals surface area (Å²) in [6, 6.07) is -0.671. The van der Waals surface area contributed by atoms with Crippen molar-refractivity contribution in [2.45, 2.75) is 88.2 Å². The standard InChI is InChI=1S/C21H30F5NO6S/c1-18-9-12-6-13(10-18)8-14(7-12)16(18)27-17(28)21(25,26)34(29,30)33-15(20(22,23)24)11-19(2)31-4-3-5-32-19/h12-16H,3-11H2,1-2H3,(H,27,28). The number of nitrogens with one attached hydrogen (secondary N) is 1. The highest BCUT2D eigenvalue weighted by atomic mass is 32.2. The van der Waals surface area contributed by atoms with Crippen LogP contribution in [0.25, 0.3) is 0 Å². The summed E-state index contributed by atoms with van der Waals surface area (Å²) in [6.45, 7) is 3.12. The minimum atomic E-state index is -6.29. The van der Waals surface area contributed by atoms with E-state index in [1.54, 1.807) is 0 Å². The molecule has 4 bridgehead atoms. The molecule has 4 saturated carbocycles. The van der Waals surface area contributed by atoms with Gasteiger partial charge in [-0.25, -0.2) is 0 Å². The molecule has 1 heterocycles. The highest BCUT2D eigenvalue weighted by Gasteiger charge is 2.61. The van der Waals surface area contributed by atoms with E-state index in [1.807, 2.05) is 6.92 Å². The first kappa shape index (κ1) is 26.0. The van der Waals surface area contributed by atoms with E-state index in [0.717, 1.165) is 39.0 Å². The van der Waals surface area contributed by atoms with Gasteiger partial charge in [-0.2, -0.15) is 30.4 Å². The number of halogens is 5. The Bertz CT molecular complexity index is 890. The van der Waals surface area contributed by atoms with Gasteiger partial charge in [0.1, 0.15) is 0 Å². The summed E-state index contributed by atoms with van der Waals surface area (Å²) in [5, 5.41) is -3.04. The number of hydrogen-bond acceptors (Lipinski definition) is 6. The predicted molar refractivity (Wildman–Crippen MR) is 108 cm³/mol. The fourth-order valence-electron chi connectivity index (χ4n) is 6.63. The number of rotatable bonds is 7. The van der Waals surface area contributed by atoms with Gasteiger partial charge in [0.25, 0.3) is 0 Å². The molecule has 1 saturated heterocycles. The molecule has 4 aliphatic carbocycles. The lowest BCUT2D eigenvalue weighted by Crippen LogP contribution is -2.63. The molecule has 0 spiro atoms. The minimum Gasteiger partial charge on any atom is -0.350 e. The third-order valence-electron chi connectivity index (χ3n) is 7.80. The maximum atomic E-state index is 14.8. The number of hydrogen-bond donors (Lipinski definition) is 1. The molecule has 13 heteroatoms. The molecule has 5 fully saturated rings. The smallest absolute Gasteiger partial charge is 0.350 e. The Balaban J connectivity index is 1.49. The van der Waals surface area contributed by atoms with Crippen LogP contribution in [-0.4, -0.2) is 56.9 Å². The summed E-state index contributed by atoms with van der Waals surface area (Å²) in [5.74, 6) is -3.21. The van der Waals surface area contributed by atoms with Gasteiger partial charge in [0.2, 0.25) is 0 Å². The molecule has 196 valence electrons. The molecule has 34 heavy (non-hydrogen) atoms. The normalized spacial score (nSPS) is 36.3. The van der Waals surface area contributed by atoms with E-state index >= 15 is 0 Å². The number of carbonyl (C=O) groups excluding carboxylic acids is 1. The average Bonchev–Trinajstić information content (AvgIpc) is 2.68. The first-order valence-corrected chi connectivity index (χ1v) is 12.9. The highest BCUT2D eigenvalue weighted by Crippen LogP contribution is 2.59. The van der Waals surface area contributed by atoms with Crippen LogP contribution in [0.2, 0.25) is 0 Å². The van der Waals surface area contributed by atoms with Crippen LogP contribution in [0.4, 0.5) is 22.0 Å². The quantitative estimate of drug-likeness (QED) is 0.407. The second kappa shape index (κ2) is 8.52. The van der Waals surface area contributed by atoms with Gasteiger partial charge in [-0.05, 0) is 68.6 Å². The topological polar surface area (TPSA) is 90.9 Å². The summed E-state index contributed by atoms with van der Waals surface area (Å²) in [5.41, 5.74) is -0.454. The van der Waals surface area contributed by atoms with Crippen molar-refractivity contribution >= 4 is 16.0 Å². The van der Waals surface area contributed by atoms with Crippen molar-refractivity contribution in [1.29, 1.82) is 0 Å². The van der Waals surface area contributed by atoms with Gasteiger partial charge < -0.3 is 14.8 Å². The minimum absolute atomic E-state index is 0.0510. The lowest BCUT2D eigenvalue weighted by atomic mass is 9.48. The third kappa shape index (κ3) is 4.81. The molecule has 4 unspecified atom stereocenters. The van der Waals surface area contributed by atoms with Gasteiger partial charge in [-0.1, -0.05) is 6.92 Å². The fourth-order valence-corrected chi connectivity index (χ4v) is 7.52. The molecule has 5 aliphatic rings. The van der Waals surface area contributed by atoms with Crippen molar-refractivity contribution in [1.82, 2.24) is 5.32 Å². The molecule has 0 aromatic rings. The van der Waals surface area contributed by atoms with Crippen molar-refractivity contribution < 1.29 is 48.8 Å². The van der Waals surface area contributed by atoms with Crippen molar-refractivity contribution in [3.8, 4) is 0 Å². The maximum absolute atomic E-state index is 14.8. The van der Waals surface area contributed by atoms with Crippen molar-refractivity contribution in [3.05, 3.63) is 0 Å². The third-order valence-corrected chi connectivity index (χ3v) is 9.10. The van der Waals surface area contributed by atoms with E-state index in [9.17, 15) is 35.2 Å². The van der Waals surface area contributed by atoms with Gasteiger partial charge in [-0.3, -0.25) is 8.98 Å². The van der Waals surface area contributed by atoms with Crippen LogP contribution < -0.4 is 5.32 Å². The van der Waals surface area contributed by atoms with Crippen molar-refractivity contribution in [2.24, 2.45) is 23.2 Å². The molecular formula is C21H30F5NO6S. The van der Waals surface area contributed by atoms with Gasteiger partial charge >= 0.3 is 27.5 Å². The summed E-state index contributed by atoms with van der Waals surface area (Å²) >= 11 is 0. The predicted octanol–water partition coefficient (Wildman–Crippen LogP) is 3.73. The van der Waals surface area contributed by atoms with Gasteiger partial charge in [0.15, 0.2) is 11.9 Å². The van der Waals surface area contributed by atoms with Crippen LogP contribution >= 0.6 is 0 Å². The Morgan fingerprint density at radius 1 is 1.06 bits per heavy atom. The lowest BCUT2D eigenvalue weighted by molar-refractivity contribution is -0.288. The van der Waals surface area contributed by atoms with E-state index in [2.05, 4.69) is 9.50 Å². The Kier molecular flexibility index (Phi) is 6.52. The molecule has 0 aromatic heterocycles. The summed E-state index contributed by atoms with van der Waals surface area (Å²) < 4.78 is 109. The molecule has 1 N–H and O–H groups in total. The zero-order chi connectivity index (χ0) is 25.2. The molecular weight excluding hydrogens is 489 g/mol. The maximum Gasteiger partial charge on any atom is 0.446 e. The first-order valence-electron chi connectivity index (χ1n) is 11.5. The van der Waals surface area contributed by atoms with E-state index in [4.69, 9.17) is 9.47 Å². The Labute approximate surface area is 195 Å². The lowest BCUT2D eigenvalue weighted by Gasteiger charge is -2.60. The highest BCUT2D eigenvalue weighted by molar-refractivity contribution is 7.88. The molecule has 0 aromatic carbocycles. The van der Waals surface area contributed by atoms with E-state index in [1.165, 1.54) is 0 Å². The molecule has 1 amide bonds. The Morgan fingerprint density at radius 2 is 1.62 bits per heavy atom. The molecule has 0 radical (unpaired) electrons. The summed E-state index contributed by atoms with van der Waals surface area (Å²) in [7, 11) is -6.29. The number of amides is 1. The zero-order valence-electron chi connectivity index (χ0n) is 19.0. The van der Waals surface area contributed by atoms with Crippen LogP contribution in [-0.2, 0) is 28.6 Å².